The third-order valence-electron chi connectivity index (χ3n) is 3.81. The van der Waals surface area contributed by atoms with Crippen LogP contribution in [0.4, 0.5) is 8.78 Å². The molecule has 2 aromatic carbocycles. The van der Waals surface area contributed by atoms with Crippen LogP contribution in [0.15, 0.2) is 42.5 Å². The molecule has 0 N–H and O–H groups in total. The number of carbonyl (C=O) groups excluding carboxylic acids is 2. The number of Topliss-reactive ketones (excluding diaryl/α,β-unsaturated/α-hetero) is 2. The molecule has 0 spiro atoms. The first-order valence-corrected chi connectivity index (χ1v) is 9.40. The van der Waals surface area contributed by atoms with E-state index in [0.717, 1.165) is 12.1 Å². The van der Waals surface area contributed by atoms with Gasteiger partial charge in [0, 0.05) is 30.5 Å². The van der Waals surface area contributed by atoms with Gasteiger partial charge in [0.2, 0.25) is 11.6 Å². The summed E-state index contributed by atoms with van der Waals surface area (Å²) in [5.74, 6) is -4.13. The van der Waals surface area contributed by atoms with Crippen LogP contribution in [0.1, 0.15) is 20.7 Å². The van der Waals surface area contributed by atoms with E-state index in [1.54, 1.807) is 18.2 Å². The van der Waals surface area contributed by atoms with Crippen LogP contribution in [0.5, 0.6) is 0 Å². The van der Waals surface area contributed by atoms with Crippen LogP contribution in [-0.4, -0.2) is 34.3 Å². The Labute approximate surface area is 139 Å². The average molecular weight is 350 g/mol. The van der Waals surface area contributed by atoms with Gasteiger partial charge in [-0.2, -0.15) is 0 Å². The Morgan fingerprint density at radius 1 is 0.917 bits per heavy atom. The normalized spacial score (nSPS) is 11.4. The number of hydrogen-bond acceptors (Lipinski definition) is 4. The minimum atomic E-state index is -3.39. The van der Waals surface area contributed by atoms with Gasteiger partial charge in [-0.25, -0.2) is 8.78 Å². The van der Waals surface area contributed by atoms with Crippen molar-refractivity contribution in [1.29, 1.82) is 0 Å². The number of hydrogen-bond donors (Lipinski definition) is 0. The van der Waals surface area contributed by atoms with E-state index in [-0.39, 0.29) is 16.3 Å². The maximum atomic E-state index is 14.4. The Morgan fingerprint density at radius 3 is 2.04 bits per heavy atom. The Morgan fingerprint density at radius 2 is 1.50 bits per heavy atom. The molecule has 0 aliphatic rings. The van der Waals surface area contributed by atoms with Gasteiger partial charge in [0.15, 0.2) is 11.6 Å². The highest BCUT2D eigenvalue weighted by atomic mass is 28.4. The lowest BCUT2D eigenvalue weighted by molar-refractivity contribution is 0.0817. The molecule has 2 aromatic rings. The molecule has 0 amide bonds. The van der Waals surface area contributed by atoms with Crippen molar-refractivity contribution < 1.29 is 27.2 Å². The second kappa shape index (κ2) is 7.12. The second-order valence-corrected chi connectivity index (χ2v) is 8.37. The van der Waals surface area contributed by atoms with Gasteiger partial charge in [-0.05, 0) is 18.7 Å². The molecule has 0 aliphatic heterocycles. The van der Waals surface area contributed by atoms with Crippen molar-refractivity contribution in [3.05, 3.63) is 65.2 Å². The highest BCUT2D eigenvalue weighted by Gasteiger charge is 2.41. The summed E-state index contributed by atoms with van der Waals surface area (Å²) in [5.41, 5.74) is -0.0861. The van der Waals surface area contributed by atoms with E-state index in [0.29, 0.717) is 0 Å². The van der Waals surface area contributed by atoms with Crippen molar-refractivity contribution in [2.75, 3.05) is 14.2 Å². The minimum Gasteiger partial charge on any atom is -0.394 e. The van der Waals surface area contributed by atoms with Gasteiger partial charge >= 0.3 is 8.56 Å². The highest BCUT2D eigenvalue weighted by Crippen LogP contribution is 2.17. The molecule has 0 aliphatic carbocycles. The van der Waals surface area contributed by atoms with Gasteiger partial charge in [0.25, 0.3) is 0 Å². The molecule has 0 saturated carbocycles. The summed E-state index contributed by atoms with van der Waals surface area (Å²) >= 11 is 0. The monoisotopic (exact) mass is 350 g/mol. The predicted octanol–water partition coefficient (Wildman–Crippen LogP) is 2.60. The molecule has 0 aromatic heterocycles. The molecule has 0 unspecified atom stereocenters. The lowest BCUT2D eigenvalue weighted by atomic mass is 10.0. The number of rotatable bonds is 6. The highest BCUT2D eigenvalue weighted by molar-refractivity contribution is 6.81. The fourth-order valence-electron chi connectivity index (χ4n) is 2.31. The van der Waals surface area contributed by atoms with E-state index in [4.69, 9.17) is 8.85 Å². The molecule has 2 rings (SSSR count). The van der Waals surface area contributed by atoms with Crippen LogP contribution >= 0.6 is 0 Å². The minimum absolute atomic E-state index is 0.163. The SMILES string of the molecule is CO[Si](C)(OC)c1c(C(=O)C(=O)c2ccccc2)ccc(F)c1F. The smallest absolute Gasteiger partial charge is 0.372 e. The molecule has 0 radical (unpaired) electrons. The molecular formula is C17H16F2O4Si. The summed E-state index contributed by atoms with van der Waals surface area (Å²) < 4.78 is 38.5. The number of ketones is 2. The standard InChI is InChI=1S/C17H16F2O4Si/c1-22-24(3,23-2)17-12(9-10-13(18)14(17)19)16(21)15(20)11-7-5-4-6-8-11/h4-10H,1-3H3. The van der Waals surface area contributed by atoms with Gasteiger partial charge < -0.3 is 8.85 Å². The van der Waals surface area contributed by atoms with Crippen LogP contribution in [0.25, 0.3) is 0 Å². The van der Waals surface area contributed by atoms with Crippen LogP contribution < -0.4 is 5.19 Å². The average Bonchev–Trinajstić information content (AvgIpc) is 2.62. The predicted molar refractivity (Wildman–Crippen MR) is 86.7 cm³/mol. The Bertz CT molecular complexity index is 774. The number of halogens is 2. The van der Waals surface area contributed by atoms with Crippen LogP contribution in [0.3, 0.4) is 0 Å². The van der Waals surface area contributed by atoms with Gasteiger partial charge in [-0.15, -0.1) is 0 Å². The van der Waals surface area contributed by atoms with E-state index in [1.807, 2.05) is 0 Å². The van der Waals surface area contributed by atoms with Crippen LogP contribution in [-0.2, 0) is 8.85 Å². The first-order chi connectivity index (χ1) is 11.4. The van der Waals surface area contributed by atoms with Gasteiger partial charge in [0.1, 0.15) is 0 Å². The zero-order valence-corrected chi connectivity index (χ0v) is 14.4. The number of benzene rings is 2. The van der Waals surface area contributed by atoms with Crippen molar-refractivity contribution in [1.82, 2.24) is 0 Å². The Hall–Kier alpha value is -2.22. The second-order valence-electron chi connectivity index (χ2n) is 5.16. The topological polar surface area (TPSA) is 52.6 Å². The summed E-state index contributed by atoms with van der Waals surface area (Å²) in [6.45, 7) is 1.47. The maximum absolute atomic E-state index is 14.4. The molecule has 126 valence electrons. The molecule has 0 bridgehead atoms. The zero-order valence-electron chi connectivity index (χ0n) is 13.4. The van der Waals surface area contributed by atoms with Gasteiger partial charge in [-0.1, -0.05) is 30.3 Å². The molecule has 24 heavy (non-hydrogen) atoms. The van der Waals surface area contributed by atoms with E-state index in [2.05, 4.69) is 0 Å². The van der Waals surface area contributed by atoms with Crippen molar-refractivity contribution in [3.8, 4) is 0 Å². The van der Waals surface area contributed by atoms with Crippen molar-refractivity contribution in [2.24, 2.45) is 0 Å². The fourth-order valence-corrected chi connectivity index (χ4v) is 4.09. The Kier molecular flexibility index (Phi) is 5.38. The molecule has 0 atom stereocenters. The third kappa shape index (κ3) is 3.19. The van der Waals surface area contributed by atoms with Gasteiger partial charge in [-0.3, -0.25) is 9.59 Å². The molecule has 0 saturated heterocycles. The van der Waals surface area contributed by atoms with E-state index in [9.17, 15) is 18.4 Å². The van der Waals surface area contributed by atoms with Crippen molar-refractivity contribution in [2.45, 2.75) is 6.55 Å². The summed E-state index contributed by atoms with van der Waals surface area (Å²) in [5, 5.41) is -0.318. The number of carbonyl (C=O) groups is 2. The third-order valence-corrected chi connectivity index (χ3v) is 6.77. The lowest BCUT2D eigenvalue weighted by Crippen LogP contribution is -2.54. The quantitative estimate of drug-likeness (QED) is 0.457. The van der Waals surface area contributed by atoms with Crippen LogP contribution in [0.2, 0.25) is 6.55 Å². The molecular weight excluding hydrogens is 334 g/mol. The summed E-state index contributed by atoms with van der Waals surface area (Å²) in [4.78, 5) is 24.9. The van der Waals surface area contributed by atoms with Crippen molar-refractivity contribution >= 4 is 25.3 Å². The summed E-state index contributed by atoms with van der Waals surface area (Å²) in [6.07, 6.45) is 0. The molecule has 4 nitrogen and oxygen atoms in total. The Balaban J connectivity index is 2.61. The summed E-state index contributed by atoms with van der Waals surface area (Å²) in [7, 11) is -0.821. The molecule has 0 fully saturated rings. The largest absolute Gasteiger partial charge is 0.394 e. The van der Waals surface area contributed by atoms with Crippen LogP contribution in [0, 0.1) is 11.6 Å². The molecule has 0 heterocycles. The maximum Gasteiger partial charge on any atom is 0.372 e. The van der Waals surface area contributed by atoms with E-state index in [1.165, 1.54) is 32.9 Å². The summed E-state index contributed by atoms with van der Waals surface area (Å²) in [6, 6.07) is 9.76. The van der Waals surface area contributed by atoms with Crippen molar-refractivity contribution in [3.63, 3.8) is 0 Å². The first-order valence-electron chi connectivity index (χ1n) is 7.08. The lowest BCUT2D eigenvalue weighted by Gasteiger charge is -2.25. The zero-order chi connectivity index (χ0) is 17.9. The fraction of sp³-hybridized carbons (Fsp3) is 0.176. The van der Waals surface area contributed by atoms with E-state index < -0.39 is 31.8 Å². The van der Waals surface area contributed by atoms with Gasteiger partial charge in [0.05, 0.1) is 0 Å². The van der Waals surface area contributed by atoms with E-state index >= 15 is 0 Å². The molecule has 7 heteroatoms. The first kappa shape index (κ1) is 18.1.